The third kappa shape index (κ3) is 5.95. The maximum atomic E-state index is 10.8. The van der Waals surface area contributed by atoms with Crippen molar-refractivity contribution in [2.75, 3.05) is 4.90 Å². The number of benzene rings is 8. The van der Waals surface area contributed by atoms with Crippen molar-refractivity contribution in [2.45, 2.75) is 31.5 Å². The third-order valence-corrected chi connectivity index (χ3v) is 12.6. The summed E-state index contributed by atoms with van der Waals surface area (Å²) in [7, 11) is 0. The Morgan fingerprint density at radius 1 is 0.541 bits per heavy atom. The normalized spacial score (nSPS) is 16.8. The Hall–Kier alpha value is -7.65. The van der Waals surface area contributed by atoms with Crippen LogP contribution in [0.2, 0.25) is 0 Å². The van der Waals surface area contributed by atoms with E-state index in [0.717, 1.165) is 50.4 Å². The molecule has 0 aliphatic carbocycles. The molecule has 8 aromatic carbocycles. The van der Waals surface area contributed by atoms with Crippen molar-refractivity contribution < 1.29 is 0 Å². The van der Waals surface area contributed by atoms with Gasteiger partial charge in [0.15, 0.2) is 0 Å². The molecule has 0 saturated heterocycles. The van der Waals surface area contributed by atoms with Gasteiger partial charge in [-0.3, -0.25) is 5.32 Å². The Morgan fingerprint density at radius 2 is 1.18 bits per heavy atom. The summed E-state index contributed by atoms with van der Waals surface area (Å²) in [6.45, 7) is 4.76. The first-order chi connectivity index (χ1) is 30.0. The molecule has 2 aliphatic rings. The minimum absolute atomic E-state index is 0.332. The summed E-state index contributed by atoms with van der Waals surface area (Å²) < 4.78 is 2.50. The highest BCUT2D eigenvalue weighted by atomic mass is 15.2. The van der Waals surface area contributed by atoms with Gasteiger partial charge in [-0.2, -0.15) is 5.26 Å². The molecular formula is C56H43N5. The SMILES string of the molecule is CC1(C)c2ccccc2N(c2ccccc2)c2ccc3c4ccccc4n(-c4cc(-c5ccccc5)cc(C5NC(c6ccccc6)=C(C#N)C(c6ccccc6)N5)c4)c3c21. The van der Waals surface area contributed by atoms with Crippen LogP contribution in [0, 0.1) is 11.3 Å². The van der Waals surface area contributed by atoms with Gasteiger partial charge in [0.2, 0.25) is 0 Å². The van der Waals surface area contributed by atoms with E-state index in [-0.39, 0.29) is 17.6 Å². The van der Waals surface area contributed by atoms with Crippen LogP contribution in [0.1, 0.15) is 53.9 Å². The summed E-state index contributed by atoms with van der Waals surface area (Å²) in [5.41, 5.74) is 15.9. The van der Waals surface area contributed by atoms with Crippen molar-refractivity contribution in [1.29, 1.82) is 5.26 Å². The van der Waals surface area contributed by atoms with Gasteiger partial charge in [-0.15, -0.1) is 0 Å². The van der Waals surface area contributed by atoms with E-state index in [9.17, 15) is 5.26 Å². The molecule has 3 heterocycles. The molecule has 9 aromatic rings. The van der Waals surface area contributed by atoms with Crippen molar-refractivity contribution in [3.8, 4) is 22.9 Å². The number of para-hydroxylation sites is 3. The maximum absolute atomic E-state index is 10.8. The summed E-state index contributed by atoms with van der Waals surface area (Å²) in [6, 6.07) is 73.5. The zero-order valence-corrected chi connectivity index (χ0v) is 34.0. The van der Waals surface area contributed by atoms with Crippen molar-refractivity contribution in [3.63, 3.8) is 0 Å². The van der Waals surface area contributed by atoms with Crippen LogP contribution < -0.4 is 15.5 Å². The summed E-state index contributed by atoms with van der Waals surface area (Å²) in [4.78, 5) is 2.44. The van der Waals surface area contributed by atoms with Gasteiger partial charge in [-0.1, -0.05) is 166 Å². The van der Waals surface area contributed by atoms with E-state index in [1.807, 2.05) is 36.4 Å². The molecule has 5 nitrogen and oxygen atoms in total. The second kappa shape index (κ2) is 14.6. The number of hydrogen-bond donors (Lipinski definition) is 2. The molecule has 2 unspecified atom stereocenters. The molecule has 5 heteroatoms. The van der Waals surface area contributed by atoms with E-state index < -0.39 is 0 Å². The quantitative estimate of drug-likeness (QED) is 0.176. The summed E-state index contributed by atoms with van der Waals surface area (Å²) in [6.07, 6.45) is -0.334. The van der Waals surface area contributed by atoms with Gasteiger partial charge in [-0.05, 0) is 81.9 Å². The van der Waals surface area contributed by atoms with Crippen molar-refractivity contribution in [3.05, 3.63) is 234 Å². The number of nitriles is 1. The number of anilines is 3. The summed E-state index contributed by atoms with van der Waals surface area (Å²) in [5, 5.41) is 20.9. The number of rotatable bonds is 6. The molecule has 292 valence electrons. The van der Waals surface area contributed by atoms with Crippen LogP contribution in [0.25, 0.3) is 44.3 Å². The molecular weight excluding hydrogens is 743 g/mol. The van der Waals surface area contributed by atoms with E-state index in [1.165, 1.54) is 38.8 Å². The van der Waals surface area contributed by atoms with Gasteiger partial charge < -0.3 is 14.8 Å². The van der Waals surface area contributed by atoms with Gasteiger partial charge in [0.05, 0.1) is 45.8 Å². The number of aromatic nitrogens is 1. The second-order valence-electron chi connectivity index (χ2n) is 16.6. The first-order valence-electron chi connectivity index (χ1n) is 21.0. The first-order valence-corrected chi connectivity index (χ1v) is 21.0. The van der Waals surface area contributed by atoms with Crippen LogP contribution >= 0.6 is 0 Å². The average molecular weight is 786 g/mol. The van der Waals surface area contributed by atoms with Gasteiger partial charge >= 0.3 is 0 Å². The lowest BCUT2D eigenvalue weighted by atomic mass is 9.72. The molecule has 0 amide bonds. The third-order valence-electron chi connectivity index (χ3n) is 12.6. The Bertz CT molecular complexity index is 3180. The van der Waals surface area contributed by atoms with Gasteiger partial charge in [0.25, 0.3) is 0 Å². The number of nitrogens with zero attached hydrogens (tertiary/aromatic N) is 3. The van der Waals surface area contributed by atoms with Crippen LogP contribution in [0.15, 0.2) is 206 Å². The summed E-state index contributed by atoms with van der Waals surface area (Å²) in [5.74, 6) is 0. The zero-order chi connectivity index (χ0) is 41.1. The smallest absolute Gasteiger partial charge is 0.104 e. The Kier molecular flexibility index (Phi) is 8.70. The molecule has 0 saturated carbocycles. The van der Waals surface area contributed by atoms with Crippen molar-refractivity contribution in [2.24, 2.45) is 0 Å². The molecule has 2 aliphatic heterocycles. The minimum atomic E-state index is -0.346. The van der Waals surface area contributed by atoms with Crippen LogP contribution in [0.5, 0.6) is 0 Å². The fraction of sp³-hybridized carbons (Fsp3) is 0.0893. The van der Waals surface area contributed by atoms with Crippen LogP contribution in [-0.4, -0.2) is 4.57 Å². The fourth-order valence-electron chi connectivity index (χ4n) is 9.87. The van der Waals surface area contributed by atoms with E-state index in [1.54, 1.807) is 0 Å². The Morgan fingerprint density at radius 3 is 1.92 bits per heavy atom. The predicted octanol–water partition coefficient (Wildman–Crippen LogP) is 13.4. The first kappa shape index (κ1) is 36.4. The molecule has 61 heavy (non-hydrogen) atoms. The largest absolute Gasteiger partial charge is 0.365 e. The molecule has 11 rings (SSSR count). The highest BCUT2D eigenvalue weighted by Gasteiger charge is 2.40. The minimum Gasteiger partial charge on any atom is -0.365 e. The predicted molar refractivity (Wildman–Crippen MR) is 250 cm³/mol. The van der Waals surface area contributed by atoms with E-state index in [0.29, 0.717) is 5.57 Å². The fourth-order valence-corrected chi connectivity index (χ4v) is 9.87. The molecule has 0 spiro atoms. The Labute approximate surface area is 356 Å². The lowest BCUT2D eigenvalue weighted by molar-refractivity contribution is 0.433. The lowest BCUT2D eigenvalue weighted by Crippen LogP contribution is -2.42. The topological polar surface area (TPSA) is 56.0 Å². The lowest BCUT2D eigenvalue weighted by Gasteiger charge is -2.42. The second-order valence-corrected chi connectivity index (χ2v) is 16.6. The molecule has 2 N–H and O–H groups in total. The van der Waals surface area contributed by atoms with E-state index in [2.05, 4.69) is 204 Å². The van der Waals surface area contributed by atoms with Crippen molar-refractivity contribution >= 4 is 44.6 Å². The average Bonchev–Trinajstić information content (AvgIpc) is 3.66. The van der Waals surface area contributed by atoms with Gasteiger partial charge in [0.1, 0.15) is 6.17 Å². The molecule has 0 radical (unpaired) electrons. The standard InChI is InChI=1S/C56H43N5/c1-56(2)47-28-16-18-30-49(47)60(42-25-13-6-14-26-42)50-32-31-45-44-27-15-17-29-48(44)61(54(45)51(50)56)43-34-40(37-19-7-3-8-20-37)33-41(35-43)55-58-52(38-21-9-4-10-22-38)46(36-57)53(59-55)39-23-11-5-12-24-39/h3-35,52,55,58-59H,1-2H3. The highest BCUT2D eigenvalue weighted by molar-refractivity contribution is 6.13. The maximum Gasteiger partial charge on any atom is 0.104 e. The number of nitrogens with one attached hydrogen (secondary N) is 2. The molecule has 2 atom stereocenters. The monoisotopic (exact) mass is 785 g/mol. The molecule has 0 bridgehead atoms. The number of hydrogen-bond acceptors (Lipinski definition) is 4. The highest BCUT2D eigenvalue weighted by Crippen LogP contribution is 2.55. The van der Waals surface area contributed by atoms with E-state index in [4.69, 9.17) is 0 Å². The van der Waals surface area contributed by atoms with Gasteiger partial charge in [0, 0.05) is 33.1 Å². The van der Waals surface area contributed by atoms with Gasteiger partial charge in [-0.25, -0.2) is 0 Å². The summed E-state index contributed by atoms with van der Waals surface area (Å²) >= 11 is 0. The van der Waals surface area contributed by atoms with Crippen LogP contribution in [0.3, 0.4) is 0 Å². The number of fused-ring (bicyclic) bond motifs is 6. The Balaban J connectivity index is 1.19. The van der Waals surface area contributed by atoms with Crippen LogP contribution in [-0.2, 0) is 5.41 Å². The van der Waals surface area contributed by atoms with Crippen molar-refractivity contribution in [1.82, 2.24) is 15.2 Å². The van der Waals surface area contributed by atoms with E-state index >= 15 is 0 Å². The zero-order valence-electron chi connectivity index (χ0n) is 34.0. The molecule has 1 aromatic heterocycles. The van der Waals surface area contributed by atoms with Crippen LogP contribution in [0.4, 0.5) is 17.1 Å². The molecule has 0 fully saturated rings.